The van der Waals surface area contributed by atoms with Gasteiger partial charge in [-0.05, 0) is 18.8 Å². The smallest absolute Gasteiger partial charge is 0.325 e. The molecule has 0 bridgehead atoms. The number of amides is 2. The van der Waals surface area contributed by atoms with Gasteiger partial charge in [0, 0.05) is 0 Å². The van der Waals surface area contributed by atoms with Crippen LogP contribution in [0.2, 0.25) is 0 Å². The Morgan fingerprint density at radius 2 is 1.82 bits per heavy atom. The van der Waals surface area contributed by atoms with Gasteiger partial charge in [0.15, 0.2) is 0 Å². The van der Waals surface area contributed by atoms with Crippen LogP contribution in [0.4, 0.5) is 0 Å². The molecule has 2 aliphatic rings. The zero-order chi connectivity index (χ0) is 12.6. The van der Waals surface area contributed by atoms with Gasteiger partial charge in [-0.1, -0.05) is 13.3 Å². The number of nitrogens with zero attached hydrogens (tertiary/aromatic N) is 1. The molecule has 2 fully saturated rings. The van der Waals surface area contributed by atoms with Gasteiger partial charge >= 0.3 is 5.97 Å². The van der Waals surface area contributed by atoms with Crippen molar-refractivity contribution >= 4 is 17.8 Å². The number of carbonyl (C=O) groups is 3. The van der Waals surface area contributed by atoms with Crippen LogP contribution in [-0.2, 0) is 19.1 Å². The highest BCUT2D eigenvalue weighted by Gasteiger charge is 2.52. The van der Waals surface area contributed by atoms with E-state index in [1.807, 2.05) is 0 Å². The van der Waals surface area contributed by atoms with Gasteiger partial charge in [0.2, 0.25) is 11.8 Å². The molecule has 0 aromatic heterocycles. The summed E-state index contributed by atoms with van der Waals surface area (Å²) in [6, 6.07) is 0. The largest absolute Gasteiger partial charge is 0.468 e. The lowest BCUT2D eigenvalue weighted by Crippen LogP contribution is -2.37. The third-order valence-electron chi connectivity index (χ3n) is 3.92. The molecule has 5 heteroatoms. The average molecular weight is 239 g/mol. The van der Waals surface area contributed by atoms with Crippen molar-refractivity contribution in [3.05, 3.63) is 0 Å². The SMILES string of the molecule is CCC1CC2C(=O)N(CC(=O)OC)C(=O)C2C1. The number of likely N-dealkylation sites (tertiary alicyclic amines) is 1. The van der Waals surface area contributed by atoms with Gasteiger partial charge in [-0.3, -0.25) is 19.3 Å². The van der Waals surface area contributed by atoms with Crippen molar-refractivity contribution in [3.8, 4) is 0 Å². The van der Waals surface area contributed by atoms with E-state index in [1.54, 1.807) is 0 Å². The van der Waals surface area contributed by atoms with Crippen molar-refractivity contribution in [1.82, 2.24) is 4.90 Å². The molecule has 0 spiro atoms. The minimum Gasteiger partial charge on any atom is -0.468 e. The van der Waals surface area contributed by atoms with Gasteiger partial charge < -0.3 is 4.74 Å². The van der Waals surface area contributed by atoms with E-state index in [-0.39, 0.29) is 30.2 Å². The quantitative estimate of drug-likeness (QED) is 0.534. The zero-order valence-electron chi connectivity index (χ0n) is 10.1. The van der Waals surface area contributed by atoms with Gasteiger partial charge in [0.1, 0.15) is 6.54 Å². The van der Waals surface area contributed by atoms with E-state index in [0.29, 0.717) is 5.92 Å². The van der Waals surface area contributed by atoms with E-state index >= 15 is 0 Å². The van der Waals surface area contributed by atoms with Crippen LogP contribution >= 0.6 is 0 Å². The Kier molecular flexibility index (Phi) is 3.17. The lowest BCUT2D eigenvalue weighted by molar-refractivity contribution is -0.151. The minimum absolute atomic E-state index is 0.193. The van der Waals surface area contributed by atoms with Crippen LogP contribution in [0, 0.1) is 17.8 Å². The van der Waals surface area contributed by atoms with Gasteiger partial charge in [0.25, 0.3) is 0 Å². The van der Waals surface area contributed by atoms with E-state index in [2.05, 4.69) is 11.7 Å². The zero-order valence-corrected chi connectivity index (χ0v) is 10.1. The predicted octanol–water partition coefficient (Wildman–Crippen LogP) is 0.581. The summed E-state index contributed by atoms with van der Waals surface area (Å²) in [5.41, 5.74) is 0. The van der Waals surface area contributed by atoms with Crippen LogP contribution < -0.4 is 0 Å². The monoisotopic (exact) mass is 239 g/mol. The number of carbonyl (C=O) groups excluding carboxylic acids is 3. The van der Waals surface area contributed by atoms with Gasteiger partial charge in [0.05, 0.1) is 18.9 Å². The molecule has 1 saturated carbocycles. The van der Waals surface area contributed by atoms with Crippen LogP contribution in [0.25, 0.3) is 0 Å². The predicted molar refractivity (Wildman–Crippen MR) is 58.7 cm³/mol. The van der Waals surface area contributed by atoms with E-state index in [9.17, 15) is 14.4 Å². The number of hydrogen-bond acceptors (Lipinski definition) is 4. The molecule has 2 unspecified atom stereocenters. The number of methoxy groups -OCH3 is 1. The standard InChI is InChI=1S/C12H17NO4/c1-3-7-4-8-9(5-7)12(16)13(11(8)15)6-10(14)17-2/h7-9H,3-6H2,1-2H3. The maximum Gasteiger partial charge on any atom is 0.325 e. The van der Waals surface area contributed by atoms with Crippen molar-refractivity contribution in [3.63, 3.8) is 0 Å². The molecular formula is C12H17NO4. The number of fused-ring (bicyclic) bond motifs is 1. The van der Waals surface area contributed by atoms with Crippen molar-refractivity contribution < 1.29 is 19.1 Å². The summed E-state index contributed by atoms with van der Waals surface area (Å²) in [6.07, 6.45) is 2.57. The Labute approximate surface area is 100 Å². The Morgan fingerprint density at radius 1 is 1.29 bits per heavy atom. The molecule has 94 valence electrons. The summed E-state index contributed by atoms with van der Waals surface area (Å²) in [6.45, 7) is 1.84. The first-order valence-electron chi connectivity index (χ1n) is 6.00. The Balaban J connectivity index is 2.08. The molecular weight excluding hydrogens is 222 g/mol. The van der Waals surface area contributed by atoms with E-state index in [4.69, 9.17) is 0 Å². The molecule has 0 aromatic rings. The highest BCUT2D eigenvalue weighted by Crippen LogP contribution is 2.44. The van der Waals surface area contributed by atoms with E-state index in [1.165, 1.54) is 7.11 Å². The lowest BCUT2D eigenvalue weighted by Gasteiger charge is -2.15. The maximum absolute atomic E-state index is 12.0. The van der Waals surface area contributed by atoms with Crippen LogP contribution in [0.3, 0.4) is 0 Å². The molecule has 2 rings (SSSR count). The first-order chi connectivity index (χ1) is 8.08. The van der Waals surface area contributed by atoms with Crippen LogP contribution in [0.5, 0.6) is 0 Å². The summed E-state index contributed by atoms with van der Waals surface area (Å²) in [5, 5.41) is 0. The molecule has 2 amide bonds. The third kappa shape index (κ3) is 1.94. The summed E-state index contributed by atoms with van der Waals surface area (Å²) >= 11 is 0. The second-order valence-electron chi connectivity index (χ2n) is 4.80. The molecule has 1 saturated heterocycles. The second kappa shape index (κ2) is 4.47. The Bertz CT molecular complexity index is 342. The van der Waals surface area contributed by atoms with Crippen molar-refractivity contribution in [2.75, 3.05) is 13.7 Å². The number of esters is 1. The highest BCUT2D eigenvalue weighted by atomic mass is 16.5. The molecule has 1 aliphatic heterocycles. The van der Waals surface area contributed by atoms with Crippen LogP contribution in [0.1, 0.15) is 26.2 Å². The first kappa shape index (κ1) is 12.1. The molecule has 2 atom stereocenters. The fourth-order valence-corrected chi connectivity index (χ4v) is 2.88. The molecule has 0 N–H and O–H groups in total. The van der Waals surface area contributed by atoms with E-state index in [0.717, 1.165) is 24.2 Å². The first-order valence-corrected chi connectivity index (χ1v) is 6.00. The summed E-state index contributed by atoms with van der Waals surface area (Å²) < 4.78 is 4.49. The summed E-state index contributed by atoms with van der Waals surface area (Å²) in [7, 11) is 1.25. The van der Waals surface area contributed by atoms with Crippen LogP contribution in [-0.4, -0.2) is 36.3 Å². The van der Waals surface area contributed by atoms with Crippen molar-refractivity contribution in [1.29, 1.82) is 0 Å². The van der Waals surface area contributed by atoms with E-state index < -0.39 is 5.97 Å². The summed E-state index contributed by atoms with van der Waals surface area (Å²) in [4.78, 5) is 36.2. The molecule has 17 heavy (non-hydrogen) atoms. The van der Waals surface area contributed by atoms with Gasteiger partial charge in [-0.15, -0.1) is 0 Å². The average Bonchev–Trinajstić information content (AvgIpc) is 2.85. The molecule has 0 radical (unpaired) electrons. The maximum atomic E-state index is 12.0. The number of ether oxygens (including phenoxy) is 1. The fraction of sp³-hybridized carbons (Fsp3) is 0.750. The number of hydrogen-bond donors (Lipinski definition) is 0. The minimum atomic E-state index is -0.543. The van der Waals surface area contributed by atoms with Crippen molar-refractivity contribution in [2.45, 2.75) is 26.2 Å². The molecule has 1 aliphatic carbocycles. The van der Waals surface area contributed by atoms with Gasteiger partial charge in [-0.25, -0.2) is 0 Å². The highest BCUT2D eigenvalue weighted by molar-refractivity contribution is 6.07. The topological polar surface area (TPSA) is 63.7 Å². The molecule has 1 heterocycles. The normalized spacial score (nSPS) is 31.9. The second-order valence-corrected chi connectivity index (χ2v) is 4.80. The van der Waals surface area contributed by atoms with Crippen molar-refractivity contribution in [2.24, 2.45) is 17.8 Å². The molecule has 0 aromatic carbocycles. The number of rotatable bonds is 3. The van der Waals surface area contributed by atoms with Gasteiger partial charge in [-0.2, -0.15) is 0 Å². The Morgan fingerprint density at radius 3 is 2.24 bits per heavy atom. The lowest BCUT2D eigenvalue weighted by atomic mass is 10.00. The number of imide groups is 1. The van der Waals surface area contributed by atoms with Crippen LogP contribution in [0.15, 0.2) is 0 Å². The Hall–Kier alpha value is -1.39. The molecule has 5 nitrogen and oxygen atoms in total. The third-order valence-corrected chi connectivity index (χ3v) is 3.92. The fourth-order valence-electron chi connectivity index (χ4n) is 2.88. The summed E-state index contributed by atoms with van der Waals surface area (Å²) in [5.74, 6) is -0.853.